The van der Waals surface area contributed by atoms with Gasteiger partial charge >= 0.3 is 0 Å². The Balaban J connectivity index is 2.00. The van der Waals surface area contributed by atoms with Crippen LogP contribution >= 0.6 is 0 Å². The van der Waals surface area contributed by atoms with Crippen LogP contribution in [0.2, 0.25) is 0 Å². The summed E-state index contributed by atoms with van der Waals surface area (Å²) < 4.78 is 0. The van der Waals surface area contributed by atoms with Gasteiger partial charge in [-0.3, -0.25) is 0 Å². The van der Waals surface area contributed by atoms with Gasteiger partial charge in [0.1, 0.15) is 0 Å². The fraction of sp³-hybridized carbons (Fsp3) is 0.455. The molecular weight excluding hydrogens is 592 g/mol. The summed E-state index contributed by atoms with van der Waals surface area (Å²) in [5.41, 5.74) is 28.1. The zero-order valence-electron chi connectivity index (χ0n) is 31.4. The monoisotopic (exact) mass is 648 g/mol. The van der Waals surface area contributed by atoms with E-state index in [1.54, 1.807) is 0 Å². The molecule has 4 nitrogen and oxygen atoms in total. The topological polar surface area (TPSA) is 80.9 Å². The van der Waals surface area contributed by atoms with Gasteiger partial charge in [-0.1, -0.05) is 0 Å². The molecule has 0 unspecified atom stereocenters. The van der Waals surface area contributed by atoms with Crippen LogP contribution in [0.4, 0.5) is 0 Å². The predicted molar refractivity (Wildman–Crippen MR) is 198 cm³/mol. The van der Waals surface area contributed by atoms with Crippen LogP contribution in [0.15, 0.2) is 0 Å². The fourth-order valence-corrected chi connectivity index (χ4v) is 9.34. The first kappa shape index (κ1) is 36.0. The van der Waals surface area contributed by atoms with E-state index in [0.717, 1.165) is 66.8 Å². The Morgan fingerprint density at radius 1 is 0.250 bits per heavy atom. The van der Waals surface area contributed by atoms with Crippen LogP contribution in [0.25, 0.3) is 0 Å². The summed E-state index contributed by atoms with van der Waals surface area (Å²) in [4.78, 5) is 0. The maximum absolute atomic E-state index is 10.7. The zero-order valence-corrected chi connectivity index (χ0v) is 31.4. The van der Waals surface area contributed by atoms with Crippen molar-refractivity contribution < 1.29 is 20.4 Å². The second kappa shape index (κ2) is 13.6. The zero-order chi connectivity index (χ0) is 35.5. The molecule has 48 heavy (non-hydrogen) atoms. The number of hydrogen-bond donors (Lipinski definition) is 4. The molecule has 5 rings (SSSR count). The lowest BCUT2D eigenvalue weighted by molar-refractivity contribution is 0.279. The summed E-state index contributed by atoms with van der Waals surface area (Å²) in [5, 5.41) is 43.0. The number of rotatable bonds is 4. The van der Waals surface area contributed by atoms with E-state index < -0.39 is 0 Å². The number of aliphatic hydroxyl groups is 4. The van der Waals surface area contributed by atoms with Crippen molar-refractivity contribution in [2.75, 3.05) is 0 Å². The number of fused-ring (bicyclic) bond motifs is 8. The van der Waals surface area contributed by atoms with Gasteiger partial charge in [0, 0.05) is 0 Å². The average Bonchev–Trinajstić information content (AvgIpc) is 3.04. The van der Waals surface area contributed by atoms with Crippen molar-refractivity contribution in [1.29, 1.82) is 0 Å². The Morgan fingerprint density at radius 3 is 0.479 bits per heavy atom. The van der Waals surface area contributed by atoms with E-state index in [0.29, 0.717) is 25.7 Å². The summed E-state index contributed by atoms with van der Waals surface area (Å²) in [5.74, 6) is 0. The molecule has 0 atom stereocenters. The van der Waals surface area contributed by atoms with Crippen molar-refractivity contribution in [2.45, 2.75) is 135 Å². The minimum Gasteiger partial charge on any atom is -0.392 e. The van der Waals surface area contributed by atoms with Gasteiger partial charge in [-0.15, -0.1) is 0 Å². The van der Waals surface area contributed by atoms with E-state index in [1.165, 1.54) is 66.8 Å². The fourth-order valence-electron chi connectivity index (χ4n) is 9.34. The van der Waals surface area contributed by atoms with Gasteiger partial charge in [0.25, 0.3) is 0 Å². The lowest BCUT2D eigenvalue weighted by atomic mass is 9.76. The first-order valence-corrected chi connectivity index (χ1v) is 17.5. The van der Waals surface area contributed by atoms with Crippen LogP contribution in [0.1, 0.15) is 134 Å². The average molecular weight is 649 g/mol. The summed E-state index contributed by atoms with van der Waals surface area (Å²) in [6.45, 7) is 26.1. The van der Waals surface area contributed by atoms with Crippen molar-refractivity contribution in [3.05, 3.63) is 134 Å². The smallest absolute Gasteiger partial charge is 0.0687 e. The highest BCUT2D eigenvalue weighted by atomic mass is 16.3. The van der Waals surface area contributed by atoms with Gasteiger partial charge in [-0.2, -0.15) is 0 Å². The van der Waals surface area contributed by atoms with Gasteiger partial charge in [0.2, 0.25) is 0 Å². The quantitative estimate of drug-likeness (QED) is 0.159. The standard InChI is InChI=1S/C44H56O4/c1-21-33-13-35-22(2)37(29(9)42(18-46)27(35)7)15-39-24(4)40(32(12)44(20-48)31(39)11)16-38-23(3)36(28(8)43(19-47)30(38)10)14-34(21)26(6)41(17-45)25(33)5/h45-48H,13-20H2,1-12H3. The number of aliphatic hydroxyl groups excluding tert-OH is 4. The molecule has 0 spiro atoms. The molecule has 4 N–H and O–H groups in total. The SMILES string of the molecule is Cc1c(CO)c(C)c2c(C)c1Cc1c(C)c(CO)c(C)c(c1C)Cc1c(C)c(CO)c(C)c(c1C)Cc1c(C)c(CO)c(C)c(c1C)C2. The molecule has 0 saturated heterocycles. The van der Waals surface area contributed by atoms with E-state index in [4.69, 9.17) is 0 Å². The summed E-state index contributed by atoms with van der Waals surface area (Å²) >= 11 is 0. The molecule has 0 heterocycles. The molecule has 8 bridgehead atoms. The Kier molecular flexibility index (Phi) is 10.2. The third-order valence-corrected chi connectivity index (χ3v) is 12.9. The maximum Gasteiger partial charge on any atom is 0.0687 e. The Hall–Kier alpha value is -3.28. The van der Waals surface area contributed by atoms with Gasteiger partial charge in [-0.25, -0.2) is 0 Å². The normalized spacial score (nSPS) is 13.0. The molecule has 0 amide bonds. The summed E-state index contributed by atoms with van der Waals surface area (Å²) in [7, 11) is 0. The molecule has 4 aromatic rings. The third-order valence-electron chi connectivity index (χ3n) is 12.9. The first-order valence-electron chi connectivity index (χ1n) is 17.5. The van der Waals surface area contributed by atoms with Gasteiger partial charge in [0.05, 0.1) is 26.4 Å². The van der Waals surface area contributed by atoms with Crippen molar-refractivity contribution in [1.82, 2.24) is 0 Å². The summed E-state index contributed by atoms with van der Waals surface area (Å²) in [6.07, 6.45) is 2.86. The summed E-state index contributed by atoms with van der Waals surface area (Å²) in [6, 6.07) is 0. The molecule has 4 heteroatoms. The van der Waals surface area contributed by atoms with E-state index in [1.807, 2.05) is 0 Å². The van der Waals surface area contributed by atoms with Crippen molar-refractivity contribution in [2.24, 2.45) is 0 Å². The van der Waals surface area contributed by atoms with Crippen LogP contribution in [0.3, 0.4) is 0 Å². The molecule has 4 aromatic carbocycles. The van der Waals surface area contributed by atoms with Crippen LogP contribution in [0, 0.1) is 83.1 Å². The van der Waals surface area contributed by atoms with Crippen molar-refractivity contribution in [3.8, 4) is 0 Å². The molecule has 0 radical (unpaired) electrons. The van der Waals surface area contributed by atoms with E-state index >= 15 is 0 Å². The van der Waals surface area contributed by atoms with Gasteiger partial charge in [0.15, 0.2) is 0 Å². The Morgan fingerprint density at radius 2 is 0.375 bits per heavy atom. The highest BCUT2D eigenvalue weighted by molar-refractivity contribution is 5.62. The molecule has 0 fully saturated rings. The number of benzene rings is 4. The second-order valence-electron chi connectivity index (χ2n) is 14.6. The molecule has 1 aliphatic rings. The van der Waals surface area contributed by atoms with E-state index in [2.05, 4.69) is 83.1 Å². The van der Waals surface area contributed by atoms with Crippen molar-refractivity contribution >= 4 is 0 Å². The van der Waals surface area contributed by atoms with Crippen LogP contribution in [-0.2, 0) is 52.1 Å². The lowest BCUT2D eigenvalue weighted by Gasteiger charge is -2.29. The molecule has 1 aliphatic carbocycles. The largest absolute Gasteiger partial charge is 0.392 e. The Bertz CT molecular complexity index is 1570. The van der Waals surface area contributed by atoms with Crippen molar-refractivity contribution in [3.63, 3.8) is 0 Å². The van der Waals surface area contributed by atoms with Gasteiger partial charge in [-0.05, 0) is 242 Å². The van der Waals surface area contributed by atoms with Crippen LogP contribution < -0.4 is 0 Å². The molecule has 256 valence electrons. The highest BCUT2D eigenvalue weighted by Gasteiger charge is 2.27. The van der Waals surface area contributed by atoms with Crippen LogP contribution in [-0.4, -0.2) is 20.4 Å². The minimum absolute atomic E-state index is 0.0182. The molecule has 0 aliphatic heterocycles. The maximum atomic E-state index is 10.7. The minimum atomic E-state index is -0.0182. The predicted octanol–water partition coefficient (Wildman–Crippen LogP) is 8.03. The molecule has 0 saturated carbocycles. The number of hydrogen-bond acceptors (Lipinski definition) is 4. The van der Waals surface area contributed by atoms with Crippen LogP contribution in [0.5, 0.6) is 0 Å². The van der Waals surface area contributed by atoms with E-state index in [-0.39, 0.29) is 26.4 Å². The Labute approximate surface area is 288 Å². The molecule has 0 aromatic heterocycles. The molecular formula is C44H56O4. The first-order chi connectivity index (χ1) is 22.7. The third kappa shape index (κ3) is 5.46. The lowest BCUT2D eigenvalue weighted by Crippen LogP contribution is -2.16. The van der Waals surface area contributed by atoms with Gasteiger partial charge < -0.3 is 20.4 Å². The second-order valence-corrected chi connectivity index (χ2v) is 14.6. The highest BCUT2D eigenvalue weighted by Crippen LogP contribution is 2.40. The van der Waals surface area contributed by atoms with E-state index in [9.17, 15) is 20.4 Å².